The average molecular weight is 368 g/mol. The molecule has 0 saturated heterocycles. The molecule has 2 rings (SSSR count). The third-order valence-corrected chi connectivity index (χ3v) is 3.38. The first-order valence-electron chi connectivity index (χ1n) is 6.76. The fraction of sp³-hybridized carbons (Fsp3) is 0.0625. The highest BCUT2D eigenvalue weighted by molar-refractivity contribution is 6.36. The average Bonchev–Trinajstić information content (AvgIpc) is 2.53. The zero-order valence-corrected chi connectivity index (χ0v) is 13.7. The van der Waals surface area contributed by atoms with Crippen molar-refractivity contribution < 1.29 is 14.0 Å². The maximum Gasteiger partial charge on any atom is 0.259 e. The van der Waals surface area contributed by atoms with Crippen LogP contribution < -0.4 is 10.7 Å². The Kier molecular flexibility index (Phi) is 6.28. The molecule has 0 bridgehead atoms. The highest BCUT2D eigenvalue weighted by Gasteiger charge is 2.11. The highest BCUT2D eigenvalue weighted by Crippen LogP contribution is 2.20. The number of hydrogen-bond acceptors (Lipinski definition) is 3. The first-order valence-corrected chi connectivity index (χ1v) is 7.52. The van der Waals surface area contributed by atoms with E-state index in [4.69, 9.17) is 23.2 Å². The molecule has 2 N–H and O–H groups in total. The molecule has 0 aromatic heterocycles. The van der Waals surface area contributed by atoms with Crippen LogP contribution in [0.5, 0.6) is 0 Å². The van der Waals surface area contributed by atoms with E-state index < -0.39 is 17.6 Å². The maximum atomic E-state index is 13.0. The zero-order chi connectivity index (χ0) is 17.5. The normalized spacial score (nSPS) is 10.6. The van der Waals surface area contributed by atoms with Crippen molar-refractivity contribution in [2.45, 2.75) is 0 Å². The van der Waals surface area contributed by atoms with Crippen molar-refractivity contribution in [3.63, 3.8) is 0 Å². The van der Waals surface area contributed by atoms with Gasteiger partial charge in [-0.15, -0.1) is 0 Å². The number of rotatable bonds is 5. The molecule has 8 heteroatoms. The van der Waals surface area contributed by atoms with Gasteiger partial charge in [-0.2, -0.15) is 5.10 Å². The molecule has 0 fully saturated rings. The van der Waals surface area contributed by atoms with Gasteiger partial charge in [0.1, 0.15) is 5.82 Å². The molecule has 2 aromatic carbocycles. The van der Waals surface area contributed by atoms with Gasteiger partial charge in [0, 0.05) is 5.02 Å². The lowest BCUT2D eigenvalue weighted by atomic mass is 10.2. The minimum absolute atomic E-state index is 0.185. The molecule has 0 heterocycles. The Morgan fingerprint density at radius 1 is 1.17 bits per heavy atom. The van der Waals surface area contributed by atoms with Gasteiger partial charge in [-0.3, -0.25) is 9.59 Å². The van der Waals surface area contributed by atoms with Crippen molar-refractivity contribution in [1.29, 1.82) is 0 Å². The molecule has 0 aliphatic heterocycles. The largest absolute Gasteiger partial charge is 0.343 e. The van der Waals surface area contributed by atoms with Gasteiger partial charge < -0.3 is 5.32 Å². The second kappa shape index (κ2) is 8.42. The summed E-state index contributed by atoms with van der Waals surface area (Å²) in [6.45, 7) is -0.293. The number of hydrazone groups is 1. The summed E-state index contributed by atoms with van der Waals surface area (Å²) in [5.41, 5.74) is 2.92. The van der Waals surface area contributed by atoms with Crippen LogP contribution >= 0.6 is 23.2 Å². The number of benzene rings is 2. The predicted molar refractivity (Wildman–Crippen MR) is 90.9 cm³/mol. The Morgan fingerprint density at radius 3 is 2.67 bits per heavy atom. The maximum absolute atomic E-state index is 13.0. The molecule has 5 nitrogen and oxygen atoms in total. The number of halogens is 3. The smallest absolute Gasteiger partial charge is 0.259 e. The number of nitrogens with zero attached hydrogens (tertiary/aromatic N) is 1. The molecule has 0 spiro atoms. The van der Waals surface area contributed by atoms with Crippen molar-refractivity contribution in [3.05, 3.63) is 69.5 Å². The zero-order valence-electron chi connectivity index (χ0n) is 12.2. The van der Waals surface area contributed by atoms with Crippen LogP contribution in [0.25, 0.3) is 0 Å². The summed E-state index contributed by atoms with van der Waals surface area (Å²) in [6.07, 6.45) is 1.29. The fourth-order valence-electron chi connectivity index (χ4n) is 1.73. The van der Waals surface area contributed by atoms with Gasteiger partial charge in [0.05, 0.1) is 23.3 Å². The van der Waals surface area contributed by atoms with E-state index in [1.807, 2.05) is 0 Å². The van der Waals surface area contributed by atoms with E-state index in [0.29, 0.717) is 10.6 Å². The lowest BCUT2D eigenvalue weighted by Gasteiger charge is -2.06. The molecule has 2 aromatic rings. The van der Waals surface area contributed by atoms with Crippen molar-refractivity contribution in [2.24, 2.45) is 5.10 Å². The van der Waals surface area contributed by atoms with E-state index in [0.717, 1.165) is 0 Å². The molecule has 0 unspecified atom stereocenters. The minimum Gasteiger partial charge on any atom is -0.343 e. The molecule has 0 saturated carbocycles. The molecular weight excluding hydrogens is 356 g/mol. The molecule has 24 heavy (non-hydrogen) atoms. The van der Waals surface area contributed by atoms with Crippen LogP contribution in [0.15, 0.2) is 47.6 Å². The molecule has 0 radical (unpaired) electrons. The minimum atomic E-state index is -0.541. The SMILES string of the molecule is O=C(CNC(=O)c1ccc(Cl)cc1Cl)NN=Cc1cccc(F)c1. The Morgan fingerprint density at radius 2 is 1.96 bits per heavy atom. The Labute approximate surface area is 147 Å². The van der Waals surface area contributed by atoms with Crippen LogP contribution in [0, 0.1) is 5.82 Å². The second-order valence-corrected chi connectivity index (χ2v) is 5.50. The number of hydrogen-bond donors (Lipinski definition) is 2. The topological polar surface area (TPSA) is 70.6 Å². The Balaban J connectivity index is 1.83. The van der Waals surface area contributed by atoms with Crippen molar-refractivity contribution in [3.8, 4) is 0 Å². The summed E-state index contributed by atoms with van der Waals surface area (Å²) >= 11 is 11.7. The van der Waals surface area contributed by atoms with Crippen LogP contribution in [-0.2, 0) is 4.79 Å². The third-order valence-electron chi connectivity index (χ3n) is 2.84. The fourth-order valence-corrected chi connectivity index (χ4v) is 2.23. The Bertz CT molecular complexity index is 797. The summed E-state index contributed by atoms with van der Waals surface area (Å²) in [7, 11) is 0. The monoisotopic (exact) mass is 367 g/mol. The summed E-state index contributed by atoms with van der Waals surface area (Å²) in [6, 6.07) is 10.1. The van der Waals surface area contributed by atoms with E-state index >= 15 is 0 Å². The van der Waals surface area contributed by atoms with E-state index in [-0.39, 0.29) is 17.1 Å². The number of amides is 2. The van der Waals surface area contributed by atoms with Crippen molar-refractivity contribution in [1.82, 2.24) is 10.7 Å². The van der Waals surface area contributed by atoms with Crippen LogP contribution in [0.3, 0.4) is 0 Å². The number of carbonyl (C=O) groups excluding carboxylic acids is 2. The van der Waals surface area contributed by atoms with Crippen LogP contribution in [0.1, 0.15) is 15.9 Å². The molecule has 0 aliphatic carbocycles. The van der Waals surface area contributed by atoms with Gasteiger partial charge >= 0.3 is 0 Å². The van der Waals surface area contributed by atoms with E-state index in [1.165, 1.54) is 42.6 Å². The number of carbonyl (C=O) groups is 2. The standard InChI is InChI=1S/C16H12Cl2FN3O2/c17-11-4-5-13(14(18)7-11)16(24)20-9-15(23)22-21-8-10-2-1-3-12(19)6-10/h1-8H,9H2,(H,20,24)(H,22,23). The van der Waals surface area contributed by atoms with Gasteiger partial charge in [-0.1, -0.05) is 35.3 Å². The van der Waals surface area contributed by atoms with Gasteiger partial charge in [-0.05, 0) is 35.9 Å². The van der Waals surface area contributed by atoms with Crippen LogP contribution in [0.4, 0.5) is 4.39 Å². The van der Waals surface area contributed by atoms with Crippen LogP contribution in [-0.4, -0.2) is 24.6 Å². The van der Waals surface area contributed by atoms with Crippen molar-refractivity contribution in [2.75, 3.05) is 6.54 Å². The summed E-state index contributed by atoms with van der Waals surface area (Å²) in [5, 5.41) is 6.67. The van der Waals surface area contributed by atoms with Crippen molar-refractivity contribution >= 4 is 41.2 Å². The lowest BCUT2D eigenvalue weighted by Crippen LogP contribution is -2.35. The van der Waals surface area contributed by atoms with E-state index in [9.17, 15) is 14.0 Å². The summed E-state index contributed by atoms with van der Waals surface area (Å²) < 4.78 is 13.0. The first-order chi connectivity index (χ1) is 11.5. The summed E-state index contributed by atoms with van der Waals surface area (Å²) in [4.78, 5) is 23.5. The molecule has 124 valence electrons. The Hall–Kier alpha value is -2.44. The van der Waals surface area contributed by atoms with E-state index in [2.05, 4.69) is 15.8 Å². The summed E-state index contributed by atoms with van der Waals surface area (Å²) in [5.74, 6) is -1.46. The molecular formula is C16H12Cl2FN3O2. The quantitative estimate of drug-likeness (QED) is 0.629. The molecule has 2 amide bonds. The van der Waals surface area contributed by atoms with Gasteiger partial charge in [0.25, 0.3) is 11.8 Å². The first kappa shape index (κ1) is 17.9. The predicted octanol–water partition coefficient (Wildman–Crippen LogP) is 3.01. The molecule has 0 atom stereocenters. The van der Waals surface area contributed by atoms with E-state index in [1.54, 1.807) is 6.07 Å². The van der Waals surface area contributed by atoms with Gasteiger partial charge in [0.15, 0.2) is 0 Å². The number of nitrogens with one attached hydrogen (secondary N) is 2. The van der Waals surface area contributed by atoms with Gasteiger partial charge in [-0.25, -0.2) is 9.82 Å². The molecule has 0 aliphatic rings. The third kappa shape index (κ3) is 5.33. The van der Waals surface area contributed by atoms with Crippen LogP contribution in [0.2, 0.25) is 10.0 Å². The second-order valence-electron chi connectivity index (χ2n) is 4.66. The highest BCUT2D eigenvalue weighted by atomic mass is 35.5. The van der Waals surface area contributed by atoms with Gasteiger partial charge in [0.2, 0.25) is 0 Å². The lowest BCUT2D eigenvalue weighted by molar-refractivity contribution is -0.120.